The van der Waals surface area contributed by atoms with Crippen LogP contribution < -0.4 is 14.2 Å². The minimum absolute atomic E-state index is 0.0718. The molecule has 0 radical (unpaired) electrons. The normalized spacial score (nSPS) is 11.0. The number of aromatic nitrogens is 2. The molecule has 0 amide bonds. The SMILES string of the molecule is COc1ncc(NS(=O)(=O)c2ccc(Br)cc2)c(OC)n1. The quantitative estimate of drug-likeness (QED) is 0.862. The fourth-order valence-corrected chi connectivity index (χ4v) is 2.80. The lowest BCUT2D eigenvalue weighted by molar-refractivity contribution is 0.353. The van der Waals surface area contributed by atoms with Gasteiger partial charge in [0, 0.05) is 4.47 Å². The van der Waals surface area contributed by atoms with E-state index in [1.165, 1.54) is 32.5 Å². The van der Waals surface area contributed by atoms with Crippen LogP contribution in [0.5, 0.6) is 11.9 Å². The van der Waals surface area contributed by atoms with Crippen LogP contribution >= 0.6 is 15.9 Å². The van der Waals surface area contributed by atoms with Crippen molar-refractivity contribution in [1.29, 1.82) is 0 Å². The van der Waals surface area contributed by atoms with Crippen molar-refractivity contribution in [3.8, 4) is 11.9 Å². The van der Waals surface area contributed by atoms with Gasteiger partial charge in [0.2, 0.25) is 5.88 Å². The Bertz CT molecular complexity index is 735. The Morgan fingerprint density at radius 3 is 2.38 bits per heavy atom. The van der Waals surface area contributed by atoms with Gasteiger partial charge in [-0.2, -0.15) is 4.98 Å². The molecule has 0 aliphatic carbocycles. The summed E-state index contributed by atoms with van der Waals surface area (Å²) in [4.78, 5) is 7.88. The third kappa shape index (κ3) is 3.61. The molecule has 0 aliphatic heterocycles. The average Bonchev–Trinajstić information content (AvgIpc) is 2.47. The number of nitrogens with one attached hydrogen (secondary N) is 1. The first-order valence-electron chi connectivity index (χ1n) is 5.69. The van der Waals surface area contributed by atoms with Crippen LogP contribution in [0.25, 0.3) is 0 Å². The van der Waals surface area contributed by atoms with E-state index < -0.39 is 10.0 Å². The van der Waals surface area contributed by atoms with Gasteiger partial charge in [0.1, 0.15) is 5.69 Å². The largest absolute Gasteiger partial charge is 0.479 e. The van der Waals surface area contributed by atoms with Crippen LogP contribution in [0.1, 0.15) is 0 Å². The number of hydrogen-bond acceptors (Lipinski definition) is 6. The van der Waals surface area contributed by atoms with Crippen molar-refractivity contribution in [2.24, 2.45) is 0 Å². The lowest BCUT2D eigenvalue weighted by atomic mass is 10.4. The summed E-state index contributed by atoms with van der Waals surface area (Å²) in [6.45, 7) is 0. The summed E-state index contributed by atoms with van der Waals surface area (Å²) in [5, 5.41) is 0. The average molecular weight is 374 g/mol. The summed E-state index contributed by atoms with van der Waals surface area (Å²) in [5.41, 5.74) is 0.126. The number of sulfonamides is 1. The van der Waals surface area contributed by atoms with E-state index in [0.29, 0.717) is 0 Å². The van der Waals surface area contributed by atoms with Crippen molar-refractivity contribution < 1.29 is 17.9 Å². The highest BCUT2D eigenvalue weighted by Gasteiger charge is 2.18. The van der Waals surface area contributed by atoms with Crippen molar-refractivity contribution in [2.75, 3.05) is 18.9 Å². The lowest BCUT2D eigenvalue weighted by Crippen LogP contribution is -2.14. The number of rotatable bonds is 5. The van der Waals surface area contributed by atoms with Gasteiger partial charge in [-0.05, 0) is 24.3 Å². The predicted octanol–water partition coefficient (Wildman–Crippen LogP) is 2.06. The highest BCUT2D eigenvalue weighted by molar-refractivity contribution is 9.10. The molecule has 0 saturated heterocycles. The molecule has 0 saturated carbocycles. The molecule has 9 heteroatoms. The Balaban J connectivity index is 2.34. The Morgan fingerprint density at radius 1 is 1.14 bits per heavy atom. The zero-order chi connectivity index (χ0) is 15.5. The van der Waals surface area contributed by atoms with Gasteiger partial charge >= 0.3 is 6.01 Å². The van der Waals surface area contributed by atoms with E-state index in [1.807, 2.05) is 0 Å². The number of methoxy groups -OCH3 is 2. The molecule has 1 aromatic carbocycles. The summed E-state index contributed by atoms with van der Waals surface area (Å²) in [5.74, 6) is 0.0718. The summed E-state index contributed by atoms with van der Waals surface area (Å²) < 4.78 is 37.6. The number of hydrogen-bond donors (Lipinski definition) is 1. The molecule has 0 atom stereocenters. The van der Waals surface area contributed by atoms with Crippen LogP contribution in [0.4, 0.5) is 5.69 Å². The minimum Gasteiger partial charge on any atom is -0.479 e. The molecular formula is C12H12BrN3O4S. The zero-order valence-corrected chi connectivity index (χ0v) is 13.6. The van der Waals surface area contributed by atoms with Crippen molar-refractivity contribution in [1.82, 2.24) is 9.97 Å². The maximum atomic E-state index is 12.3. The molecule has 0 unspecified atom stereocenters. The van der Waals surface area contributed by atoms with Crippen LogP contribution in [0.15, 0.2) is 39.8 Å². The molecule has 1 aromatic heterocycles. The summed E-state index contributed by atoms with van der Waals surface area (Å²) in [6.07, 6.45) is 1.28. The monoisotopic (exact) mass is 373 g/mol. The molecule has 2 aromatic rings. The molecule has 1 N–H and O–H groups in total. The van der Waals surface area contributed by atoms with E-state index in [0.717, 1.165) is 4.47 Å². The van der Waals surface area contributed by atoms with Crippen LogP contribution in [0.2, 0.25) is 0 Å². The maximum Gasteiger partial charge on any atom is 0.319 e. The van der Waals surface area contributed by atoms with Crippen LogP contribution in [0.3, 0.4) is 0 Å². The van der Waals surface area contributed by atoms with E-state index in [1.54, 1.807) is 12.1 Å². The molecule has 2 rings (SSSR count). The standard InChI is InChI=1S/C12H12BrN3O4S/c1-19-11-10(7-14-12(15-11)20-2)16-21(17,18)9-5-3-8(13)4-6-9/h3-7,16H,1-2H3. The predicted molar refractivity (Wildman–Crippen MR) is 80.1 cm³/mol. The Kier molecular flexibility index (Phi) is 4.63. The smallest absolute Gasteiger partial charge is 0.319 e. The van der Waals surface area contributed by atoms with Crippen LogP contribution in [-0.2, 0) is 10.0 Å². The van der Waals surface area contributed by atoms with E-state index in [4.69, 9.17) is 9.47 Å². The molecule has 21 heavy (non-hydrogen) atoms. The van der Waals surface area contributed by atoms with Crippen molar-refractivity contribution in [3.63, 3.8) is 0 Å². The highest BCUT2D eigenvalue weighted by atomic mass is 79.9. The molecule has 7 nitrogen and oxygen atoms in total. The van der Waals surface area contributed by atoms with Gasteiger partial charge in [0.25, 0.3) is 10.0 Å². The topological polar surface area (TPSA) is 90.4 Å². The second-order valence-electron chi connectivity index (χ2n) is 3.84. The Hall–Kier alpha value is -1.87. The van der Waals surface area contributed by atoms with Crippen LogP contribution in [-0.4, -0.2) is 32.6 Å². The molecule has 0 spiro atoms. The van der Waals surface area contributed by atoms with E-state index in [-0.39, 0.29) is 22.5 Å². The van der Waals surface area contributed by atoms with Gasteiger partial charge in [-0.3, -0.25) is 4.72 Å². The minimum atomic E-state index is -3.75. The van der Waals surface area contributed by atoms with Gasteiger partial charge in [-0.25, -0.2) is 13.4 Å². The third-order valence-corrected chi connectivity index (χ3v) is 4.39. The van der Waals surface area contributed by atoms with E-state index in [9.17, 15) is 8.42 Å². The van der Waals surface area contributed by atoms with Gasteiger partial charge < -0.3 is 9.47 Å². The van der Waals surface area contributed by atoms with E-state index in [2.05, 4.69) is 30.6 Å². The molecule has 112 valence electrons. The summed E-state index contributed by atoms with van der Waals surface area (Å²) in [6, 6.07) is 6.30. The molecule has 0 fully saturated rings. The summed E-state index contributed by atoms with van der Waals surface area (Å²) >= 11 is 3.25. The first-order chi connectivity index (χ1) is 9.96. The molecule has 1 heterocycles. The first kappa shape index (κ1) is 15.5. The third-order valence-electron chi connectivity index (χ3n) is 2.48. The zero-order valence-electron chi connectivity index (χ0n) is 11.2. The second kappa shape index (κ2) is 6.27. The summed E-state index contributed by atoms with van der Waals surface area (Å²) in [7, 11) is -0.976. The second-order valence-corrected chi connectivity index (χ2v) is 6.44. The maximum absolute atomic E-state index is 12.3. The van der Waals surface area contributed by atoms with Crippen molar-refractivity contribution >= 4 is 31.6 Å². The Labute approximate surface area is 130 Å². The highest BCUT2D eigenvalue weighted by Crippen LogP contribution is 2.25. The first-order valence-corrected chi connectivity index (χ1v) is 7.97. The molecule has 0 bridgehead atoms. The van der Waals surface area contributed by atoms with Gasteiger partial charge in [-0.15, -0.1) is 0 Å². The van der Waals surface area contributed by atoms with Crippen molar-refractivity contribution in [2.45, 2.75) is 4.90 Å². The Morgan fingerprint density at radius 2 is 1.81 bits per heavy atom. The number of nitrogens with zero attached hydrogens (tertiary/aromatic N) is 2. The van der Waals surface area contributed by atoms with Gasteiger partial charge in [-0.1, -0.05) is 15.9 Å². The number of ether oxygens (including phenoxy) is 2. The molecule has 0 aliphatic rings. The van der Waals surface area contributed by atoms with E-state index >= 15 is 0 Å². The van der Waals surface area contributed by atoms with Crippen molar-refractivity contribution in [3.05, 3.63) is 34.9 Å². The number of anilines is 1. The van der Waals surface area contributed by atoms with Gasteiger partial charge in [0.15, 0.2) is 0 Å². The lowest BCUT2D eigenvalue weighted by Gasteiger charge is -2.11. The fourth-order valence-electron chi connectivity index (χ4n) is 1.49. The van der Waals surface area contributed by atoms with Crippen LogP contribution in [0, 0.1) is 0 Å². The number of benzene rings is 1. The number of halogens is 1. The molecular weight excluding hydrogens is 362 g/mol. The van der Waals surface area contributed by atoms with Gasteiger partial charge in [0.05, 0.1) is 25.3 Å². The fraction of sp³-hybridized carbons (Fsp3) is 0.167.